The number of nitrogens with zero attached hydrogens (tertiary/aromatic N) is 1. The number of anilines is 1. The summed E-state index contributed by atoms with van der Waals surface area (Å²) < 4.78 is 44.7. The Morgan fingerprint density at radius 3 is 2.37 bits per heavy atom. The maximum atomic E-state index is 13.2. The van der Waals surface area contributed by atoms with Gasteiger partial charge in [0.25, 0.3) is 5.91 Å². The van der Waals surface area contributed by atoms with Crippen LogP contribution in [0, 0.1) is 0 Å². The van der Waals surface area contributed by atoms with E-state index in [4.69, 9.17) is 4.42 Å². The van der Waals surface area contributed by atoms with Crippen LogP contribution in [0.2, 0.25) is 0 Å². The average molecular weight is 413 g/mol. The largest absolute Gasteiger partial charge is 0.503 e. The van der Waals surface area contributed by atoms with Gasteiger partial charge < -0.3 is 9.52 Å². The minimum atomic E-state index is -4.62. The molecule has 1 N–H and O–H groups in total. The maximum Gasteiger partial charge on any atom is 0.416 e. The lowest BCUT2D eigenvalue weighted by Gasteiger charge is -2.27. The Morgan fingerprint density at radius 2 is 1.73 bits per heavy atom. The van der Waals surface area contributed by atoms with Crippen molar-refractivity contribution in [1.82, 2.24) is 0 Å². The van der Waals surface area contributed by atoms with Gasteiger partial charge in [0, 0.05) is 5.69 Å². The van der Waals surface area contributed by atoms with Gasteiger partial charge in [-0.2, -0.15) is 13.2 Å². The number of carbonyl (C=O) groups is 2. The molecule has 3 aromatic rings. The maximum absolute atomic E-state index is 13.2. The quantitative estimate of drug-likeness (QED) is 0.606. The van der Waals surface area contributed by atoms with E-state index in [1.165, 1.54) is 24.5 Å². The second kappa shape index (κ2) is 7.22. The molecular weight excluding hydrogens is 399 g/mol. The number of halogens is 3. The molecule has 2 heterocycles. The van der Waals surface area contributed by atoms with Crippen molar-refractivity contribution in [2.45, 2.75) is 12.2 Å². The van der Waals surface area contributed by atoms with Gasteiger partial charge >= 0.3 is 6.18 Å². The molecule has 5 nitrogen and oxygen atoms in total. The molecule has 1 amide bonds. The van der Waals surface area contributed by atoms with E-state index in [9.17, 15) is 27.9 Å². The molecule has 1 aliphatic heterocycles. The van der Waals surface area contributed by atoms with Crippen LogP contribution in [-0.4, -0.2) is 16.8 Å². The Labute approximate surface area is 168 Å². The summed E-state index contributed by atoms with van der Waals surface area (Å²) in [6.45, 7) is 0. The summed E-state index contributed by atoms with van der Waals surface area (Å²) in [4.78, 5) is 26.9. The standard InChI is InChI=1S/C22H14F3NO4/c23-22(24,25)14-8-4-9-15(12-14)26-18(13-6-2-1-3-7-13)17(20(28)21(26)29)19(27)16-10-5-11-30-16/h1-12,18,28H. The summed E-state index contributed by atoms with van der Waals surface area (Å²) in [6.07, 6.45) is -3.35. The fraction of sp³-hybridized carbons (Fsp3) is 0.0909. The molecule has 0 bridgehead atoms. The zero-order valence-electron chi connectivity index (χ0n) is 15.3. The first-order chi connectivity index (χ1) is 14.3. The summed E-state index contributed by atoms with van der Waals surface area (Å²) in [5.74, 6) is -2.63. The van der Waals surface area contributed by atoms with Crippen LogP contribution in [-0.2, 0) is 11.0 Å². The Hall–Kier alpha value is -3.81. The van der Waals surface area contributed by atoms with Crippen LogP contribution in [0.3, 0.4) is 0 Å². The van der Waals surface area contributed by atoms with Crippen molar-refractivity contribution < 1.29 is 32.3 Å². The minimum Gasteiger partial charge on any atom is -0.503 e. The number of Topliss-reactive ketones (excluding diaryl/α,β-unsaturated/α-hetero) is 1. The van der Waals surface area contributed by atoms with Gasteiger partial charge in [0.05, 0.1) is 23.4 Å². The van der Waals surface area contributed by atoms with Crippen molar-refractivity contribution in [2.24, 2.45) is 0 Å². The molecule has 1 atom stereocenters. The van der Waals surface area contributed by atoms with E-state index in [1.807, 2.05) is 0 Å². The van der Waals surface area contributed by atoms with Crippen LogP contribution in [0.25, 0.3) is 0 Å². The third-order valence-corrected chi connectivity index (χ3v) is 4.76. The second-order valence-electron chi connectivity index (χ2n) is 6.61. The topological polar surface area (TPSA) is 70.8 Å². The zero-order valence-corrected chi connectivity index (χ0v) is 15.3. The number of hydrogen-bond acceptors (Lipinski definition) is 4. The monoisotopic (exact) mass is 413 g/mol. The van der Waals surface area contributed by atoms with E-state index in [-0.39, 0.29) is 17.0 Å². The number of aliphatic hydroxyl groups excluding tert-OH is 1. The molecule has 152 valence electrons. The molecular formula is C22H14F3NO4. The highest BCUT2D eigenvalue weighted by Crippen LogP contribution is 2.43. The molecule has 1 unspecified atom stereocenters. The molecule has 8 heteroatoms. The van der Waals surface area contributed by atoms with Crippen molar-refractivity contribution in [3.8, 4) is 0 Å². The van der Waals surface area contributed by atoms with E-state index < -0.39 is 35.2 Å². The average Bonchev–Trinajstić information content (AvgIpc) is 3.35. The Morgan fingerprint density at radius 1 is 1.00 bits per heavy atom. The molecule has 1 aliphatic rings. The number of alkyl halides is 3. The molecule has 1 aromatic heterocycles. The second-order valence-corrected chi connectivity index (χ2v) is 6.61. The summed E-state index contributed by atoms with van der Waals surface area (Å²) in [6, 6.07) is 14.2. The van der Waals surface area contributed by atoms with Gasteiger partial charge in [-0.05, 0) is 35.9 Å². The Bertz CT molecular complexity index is 1130. The smallest absolute Gasteiger partial charge is 0.416 e. The number of benzene rings is 2. The van der Waals surface area contributed by atoms with E-state index >= 15 is 0 Å². The summed E-state index contributed by atoms with van der Waals surface area (Å²) in [5, 5.41) is 10.5. The number of carbonyl (C=O) groups excluding carboxylic acids is 2. The SMILES string of the molecule is O=C(C1=C(O)C(=O)N(c2cccc(C(F)(F)F)c2)C1c1ccccc1)c1ccco1. The lowest BCUT2D eigenvalue weighted by atomic mass is 9.95. The van der Waals surface area contributed by atoms with Crippen molar-refractivity contribution >= 4 is 17.4 Å². The summed E-state index contributed by atoms with van der Waals surface area (Å²) >= 11 is 0. The van der Waals surface area contributed by atoms with Gasteiger partial charge in [0.1, 0.15) is 0 Å². The van der Waals surface area contributed by atoms with Gasteiger partial charge in [-0.3, -0.25) is 14.5 Å². The highest BCUT2D eigenvalue weighted by atomic mass is 19.4. The molecule has 0 aliphatic carbocycles. The van der Waals surface area contributed by atoms with Gasteiger partial charge in [0.15, 0.2) is 11.5 Å². The van der Waals surface area contributed by atoms with Crippen molar-refractivity contribution in [1.29, 1.82) is 0 Å². The zero-order chi connectivity index (χ0) is 21.5. The van der Waals surface area contributed by atoms with E-state index in [0.717, 1.165) is 23.1 Å². The Kier molecular flexibility index (Phi) is 4.69. The lowest BCUT2D eigenvalue weighted by Crippen LogP contribution is -2.31. The minimum absolute atomic E-state index is 0.0996. The molecule has 0 spiro atoms. The molecule has 0 radical (unpaired) electrons. The van der Waals surface area contributed by atoms with Crippen LogP contribution in [0.15, 0.2) is 88.7 Å². The molecule has 0 fully saturated rings. The van der Waals surface area contributed by atoms with E-state index in [0.29, 0.717) is 5.56 Å². The molecule has 2 aromatic carbocycles. The predicted octanol–water partition coefficient (Wildman–Crippen LogP) is 5.08. The summed E-state index contributed by atoms with van der Waals surface area (Å²) in [5.41, 5.74) is -0.872. The van der Waals surface area contributed by atoms with Crippen molar-refractivity contribution in [3.05, 3.63) is 101 Å². The van der Waals surface area contributed by atoms with Crippen LogP contribution in [0.5, 0.6) is 0 Å². The highest BCUT2D eigenvalue weighted by Gasteiger charge is 2.45. The predicted molar refractivity (Wildman–Crippen MR) is 101 cm³/mol. The van der Waals surface area contributed by atoms with E-state index in [1.54, 1.807) is 30.3 Å². The number of rotatable bonds is 4. The molecule has 0 saturated carbocycles. The lowest BCUT2D eigenvalue weighted by molar-refractivity contribution is -0.137. The number of aliphatic hydroxyl groups is 1. The first kappa shape index (κ1) is 19.5. The van der Waals surface area contributed by atoms with Crippen LogP contribution < -0.4 is 4.90 Å². The molecule has 30 heavy (non-hydrogen) atoms. The van der Waals surface area contributed by atoms with Crippen LogP contribution in [0.4, 0.5) is 18.9 Å². The van der Waals surface area contributed by atoms with Crippen LogP contribution in [0.1, 0.15) is 27.7 Å². The van der Waals surface area contributed by atoms with Gasteiger partial charge in [-0.1, -0.05) is 36.4 Å². The van der Waals surface area contributed by atoms with Crippen molar-refractivity contribution in [2.75, 3.05) is 4.90 Å². The number of furan rings is 1. The number of hydrogen-bond donors (Lipinski definition) is 1. The normalized spacial score (nSPS) is 17.0. The van der Waals surface area contributed by atoms with Crippen LogP contribution >= 0.6 is 0 Å². The fourth-order valence-electron chi connectivity index (χ4n) is 3.43. The van der Waals surface area contributed by atoms with Gasteiger partial charge in [-0.25, -0.2) is 0 Å². The molecule has 4 rings (SSSR count). The summed E-state index contributed by atoms with van der Waals surface area (Å²) in [7, 11) is 0. The van der Waals surface area contributed by atoms with E-state index in [2.05, 4.69) is 0 Å². The van der Waals surface area contributed by atoms with Crippen molar-refractivity contribution in [3.63, 3.8) is 0 Å². The number of ketones is 1. The fourth-order valence-corrected chi connectivity index (χ4v) is 3.43. The first-order valence-electron chi connectivity index (χ1n) is 8.86. The molecule has 0 saturated heterocycles. The third kappa shape index (κ3) is 3.26. The van der Waals surface area contributed by atoms with Gasteiger partial charge in [0.2, 0.25) is 5.78 Å². The third-order valence-electron chi connectivity index (χ3n) is 4.76. The number of amides is 1. The Balaban J connectivity index is 1.88. The van der Waals surface area contributed by atoms with Gasteiger partial charge in [-0.15, -0.1) is 0 Å². The highest BCUT2D eigenvalue weighted by molar-refractivity contribution is 6.20. The first-order valence-corrected chi connectivity index (χ1v) is 8.86.